The number of likely N-dealkylation sites (tertiary alicyclic amines) is 1. The summed E-state index contributed by atoms with van der Waals surface area (Å²) in [6, 6.07) is 11.9. The number of ether oxygens (including phenoxy) is 2. The molecule has 0 aromatic heterocycles. The van der Waals surface area contributed by atoms with E-state index in [1.54, 1.807) is 24.3 Å². The summed E-state index contributed by atoms with van der Waals surface area (Å²) in [7, 11) is 2.79. The Morgan fingerprint density at radius 2 is 1.61 bits per heavy atom. The lowest BCUT2D eigenvalue weighted by molar-refractivity contribution is -0.138. The summed E-state index contributed by atoms with van der Waals surface area (Å²) in [5.41, 5.74) is 2.33. The number of fused-ring (bicyclic) bond motifs is 4. The molecule has 7 rings (SSSR count). The number of hydrogen-bond acceptors (Lipinski definition) is 8. The van der Waals surface area contributed by atoms with Gasteiger partial charge < -0.3 is 19.5 Å². The largest absolute Gasteiger partial charge is 0.508 e. The fourth-order valence-electron chi connectivity index (χ4n) is 7.87. The molecule has 44 heavy (non-hydrogen) atoms. The van der Waals surface area contributed by atoms with Gasteiger partial charge in [-0.25, -0.2) is 0 Å². The number of hydrogen-bond donors (Lipinski definition) is 1. The molecule has 10 nitrogen and oxygen atoms in total. The van der Waals surface area contributed by atoms with E-state index >= 15 is 0 Å². The van der Waals surface area contributed by atoms with Crippen molar-refractivity contribution in [3.63, 3.8) is 0 Å². The molecule has 230 valence electrons. The van der Waals surface area contributed by atoms with E-state index in [0.29, 0.717) is 30.2 Å². The van der Waals surface area contributed by atoms with Crippen LogP contribution in [0.3, 0.4) is 0 Å². The van der Waals surface area contributed by atoms with Crippen LogP contribution in [-0.2, 0) is 23.9 Å². The van der Waals surface area contributed by atoms with Crippen LogP contribution in [0.25, 0.3) is 0 Å². The topological polar surface area (TPSA) is 117 Å². The molecule has 0 radical (unpaired) electrons. The van der Waals surface area contributed by atoms with Gasteiger partial charge in [-0.3, -0.25) is 29.0 Å². The third-order valence-corrected chi connectivity index (χ3v) is 11.5. The van der Waals surface area contributed by atoms with Gasteiger partial charge in [0.1, 0.15) is 11.5 Å². The third-order valence-electron chi connectivity index (χ3n) is 10.0. The fraction of sp³-hybridized carbons (Fsp3) is 0.438. The number of aromatic hydroxyl groups is 1. The summed E-state index contributed by atoms with van der Waals surface area (Å²) in [5.74, 6) is -5.10. The molecule has 1 saturated carbocycles. The van der Waals surface area contributed by atoms with Crippen molar-refractivity contribution < 1.29 is 33.8 Å². The second-order valence-corrected chi connectivity index (χ2v) is 13.3. The first-order chi connectivity index (χ1) is 21.0. The van der Waals surface area contributed by atoms with E-state index in [4.69, 9.17) is 32.7 Å². The number of methoxy groups -OCH3 is 1. The lowest BCUT2D eigenvalue weighted by atomic mass is 9.56. The van der Waals surface area contributed by atoms with Crippen LogP contribution in [0.5, 0.6) is 11.5 Å². The Hall–Kier alpha value is -3.60. The van der Waals surface area contributed by atoms with Gasteiger partial charge in [0.25, 0.3) is 11.8 Å². The molecule has 1 N–H and O–H groups in total. The van der Waals surface area contributed by atoms with E-state index in [2.05, 4.69) is 4.90 Å². The first-order valence-electron chi connectivity index (χ1n) is 14.6. The zero-order chi connectivity index (χ0) is 31.1. The van der Waals surface area contributed by atoms with E-state index in [1.807, 2.05) is 18.2 Å². The van der Waals surface area contributed by atoms with Crippen LogP contribution in [0.2, 0.25) is 0 Å². The molecule has 6 unspecified atom stereocenters. The molecule has 6 atom stereocenters. The van der Waals surface area contributed by atoms with E-state index in [-0.39, 0.29) is 36.0 Å². The number of benzene rings is 2. The van der Waals surface area contributed by atoms with Crippen molar-refractivity contribution in [1.82, 2.24) is 4.90 Å². The summed E-state index contributed by atoms with van der Waals surface area (Å²) >= 11 is 14.4. The van der Waals surface area contributed by atoms with Crippen molar-refractivity contribution in [3.8, 4) is 11.5 Å². The van der Waals surface area contributed by atoms with Crippen LogP contribution in [0.4, 0.5) is 11.4 Å². The molecule has 0 bridgehead atoms. The van der Waals surface area contributed by atoms with Crippen molar-refractivity contribution in [2.24, 2.45) is 17.8 Å². The predicted octanol–water partition coefficient (Wildman–Crippen LogP) is 3.43. The zero-order valence-electron chi connectivity index (χ0n) is 24.2. The summed E-state index contributed by atoms with van der Waals surface area (Å²) in [4.78, 5) is 55.8. The zero-order valence-corrected chi connectivity index (χ0v) is 25.7. The molecular formula is C32H31Cl2N3O7. The minimum Gasteiger partial charge on any atom is -0.508 e. The molecule has 3 saturated heterocycles. The molecule has 0 spiro atoms. The molecule has 3 aliphatic heterocycles. The van der Waals surface area contributed by atoms with Gasteiger partial charge in [0.15, 0.2) is 9.75 Å². The first-order valence-corrected chi connectivity index (χ1v) is 15.4. The molecule has 12 heteroatoms. The van der Waals surface area contributed by atoms with Gasteiger partial charge >= 0.3 is 0 Å². The molecule has 2 aromatic rings. The average Bonchev–Trinajstić information content (AvgIpc) is 3.36. The summed E-state index contributed by atoms with van der Waals surface area (Å²) < 4.78 is 10.7. The quantitative estimate of drug-likeness (QED) is 0.307. The number of anilines is 2. The van der Waals surface area contributed by atoms with Gasteiger partial charge in [0.2, 0.25) is 11.8 Å². The van der Waals surface area contributed by atoms with Crippen molar-refractivity contribution >= 4 is 58.2 Å². The summed E-state index contributed by atoms with van der Waals surface area (Å²) in [5, 5.41) is 11.1. The van der Waals surface area contributed by atoms with E-state index in [1.165, 1.54) is 25.1 Å². The lowest BCUT2D eigenvalue weighted by Gasteiger charge is -2.50. The average molecular weight is 641 g/mol. The van der Waals surface area contributed by atoms with E-state index < -0.39 is 45.2 Å². The number of morpholine rings is 1. The minimum absolute atomic E-state index is 0.115. The number of phenolic OH excluding ortho intramolecular Hbond substituents is 1. The number of imide groups is 2. The van der Waals surface area contributed by atoms with Gasteiger partial charge in [-0.05, 0) is 49.1 Å². The lowest BCUT2D eigenvalue weighted by Crippen LogP contribution is -2.60. The number of rotatable bonds is 4. The number of phenols is 1. The Bertz CT molecular complexity index is 1620. The van der Waals surface area contributed by atoms with Gasteiger partial charge in [0.05, 0.1) is 37.8 Å². The van der Waals surface area contributed by atoms with Crippen LogP contribution in [0.15, 0.2) is 54.1 Å². The number of amides is 4. The Labute approximate surface area is 264 Å². The van der Waals surface area contributed by atoms with Gasteiger partial charge in [-0.15, -0.1) is 23.2 Å². The maximum atomic E-state index is 14.2. The maximum Gasteiger partial charge on any atom is 0.253 e. The maximum absolute atomic E-state index is 14.2. The molecule has 3 heterocycles. The second-order valence-electron chi connectivity index (χ2n) is 12.1. The van der Waals surface area contributed by atoms with Crippen LogP contribution < -0.4 is 14.5 Å². The highest BCUT2D eigenvalue weighted by atomic mass is 35.5. The standard InChI is InChI=1S/C32H31Cl2N3O7/c1-35-29(41)31(33)16-23-20(26(32(31,34)30(35)42)21-8-7-19(43-2)15-24(21)38)9-10-22-25(23)28(40)37(27(22)39)18-5-3-17(4-6-18)36-11-13-44-14-12-36/h3-9,15,22-23,25-26,38H,10-14,16H2,1-2H3. The van der Waals surface area contributed by atoms with Crippen LogP contribution in [-0.4, -0.2) is 83.8 Å². The highest BCUT2D eigenvalue weighted by Crippen LogP contribution is 2.66. The normalized spacial score (nSPS) is 33.3. The number of carbonyl (C=O) groups is 4. The predicted molar refractivity (Wildman–Crippen MR) is 162 cm³/mol. The van der Waals surface area contributed by atoms with Gasteiger partial charge in [-0.1, -0.05) is 17.7 Å². The second kappa shape index (κ2) is 10.2. The summed E-state index contributed by atoms with van der Waals surface area (Å²) in [6.45, 7) is 2.78. The van der Waals surface area contributed by atoms with Gasteiger partial charge in [-0.2, -0.15) is 0 Å². The number of alkyl halides is 2. The highest BCUT2D eigenvalue weighted by Gasteiger charge is 2.76. The molecule has 2 aliphatic carbocycles. The van der Waals surface area contributed by atoms with Crippen molar-refractivity contribution in [2.45, 2.75) is 28.5 Å². The molecule has 4 fully saturated rings. The molecule has 4 amide bonds. The Balaban J connectivity index is 1.29. The SMILES string of the molecule is COc1ccc(C2C3=CCC4C(=O)N(c5ccc(N6CCOCC6)cc5)C(=O)C4C3CC3(Cl)C(=O)N(C)C(=O)C23Cl)c(O)c1. The smallest absolute Gasteiger partial charge is 0.253 e. The Morgan fingerprint density at radius 1 is 0.932 bits per heavy atom. The van der Waals surface area contributed by atoms with Crippen LogP contribution in [0, 0.1) is 17.8 Å². The van der Waals surface area contributed by atoms with Crippen LogP contribution >= 0.6 is 23.2 Å². The number of halogens is 2. The first kappa shape index (κ1) is 29.1. The van der Waals surface area contributed by atoms with Gasteiger partial charge in [0, 0.05) is 43.4 Å². The molecular weight excluding hydrogens is 609 g/mol. The Morgan fingerprint density at radius 3 is 2.27 bits per heavy atom. The van der Waals surface area contributed by atoms with Crippen molar-refractivity contribution in [2.75, 3.05) is 50.3 Å². The number of allylic oxidation sites excluding steroid dienone is 2. The van der Waals surface area contributed by atoms with Crippen LogP contribution in [0.1, 0.15) is 24.3 Å². The van der Waals surface area contributed by atoms with E-state index in [9.17, 15) is 24.3 Å². The number of carbonyl (C=O) groups excluding carboxylic acids is 4. The Kier molecular flexibility index (Phi) is 6.77. The molecule has 5 aliphatic rings. The fourth-order valence-corrected chi connectivity index (χ4v) is 8.88. The monoisotopic (exact) mass is 639 g/mol. The summed E-state index contributed by atoms with van der Waals surface area (Å²) in [6.07, 6.45) is 1.96. The third kappa shape index (κ3) is 3.83. The van der Waals surface area contributed by atoms with Crippen molar-refractivity contribution in [1.29, 1.82) is 0 Å². The van der Waals surface area contributed by atoms with E-state index in [0.717, 1.165) is 23.7 Å². The number of nitrogens with zero attached hydrogens (tertiary/aromatic N) is 3. The minimum atomic E-state index is -1.97. The molecule has 2 aromatic carbocycles. The van der Waals surface area contributed by atoms with Crippen molar-refractivity contribution in [3.05, 3.63) is 59.7 Å². The highest BCUT2D eigenvalue weighted by molar-refractivity contribution is 6.53.